The number of amides is 2. The van der Waals surface area contributed by atoms with Gasteiger partial charge in [-0.1, -0.05) is 30.3 Å². The highest BCUT2D eigenvalue weighted by Crippen LogP contribution is 2.31. The number of aliphatic carboxylic acids is 1. The quantitative estimate of drug-likeness (QED) is 0.516. The molecule has 2 amide bonds. The van der Waals surface area contributed by atoms with Crippen molar-refractivity contribution in [3.05, 3.63) is 59.7 Å². The Balaban J connectivity index is 1.50. The van der Waals surface area contributed by atoms with Crippen molar-refractivity contribution < 1.29 is 33.8 Å². The van der Waals surface area contributed by atoms with Crippen LogP contribution in [0.4, 0.5) is 5.69 Å². The number of fused-ring (bicyclic) bond motifs is 2. The van der Waals surface area contributed by atoms with Crippen LogP contribution >= 0.6 is 0 Å². The highest BCUT2D eigenvalue weighted by Gasteiger charge is 2.36. The van der Waals surface area contributed by atoms with Gasteiger partial charge in [0.05, 0.1) is 12.3 Å². The number of para-hydroxylation sites is 2. The molecule has 0 bridgehead atoms. The van der Waals surface area contributed by atoms with Crippen molar-refractivity contribution in [1.82, 2.24) is 10.2 Å². The molecule has 2 N–H and O–H groups in total. The summed E-state index contributed by atoms with van der Waals surface area (Å²) < 4.78 is 11.0. The lowest BCUT2D eigenvalue weighted by atomic mass is 10.1. The topological polar surface area (TPSA) is 125 Å². The lowest BCUT2D eigenvalue weighted by Gasteiger charge is -2.27. The Morgan fingerprint density at radius 2 is 1.91 bits per heavy atom. The van der Waals surface area contributed by atoms with E-state index in [0.717, 1.165) is 10.5 Å². The van der Waals surface area contributed by atoms with E-state index in [9.17, 15) is 24.3 Å². The number of esters is 1. The van der Waals surface area contributed by atoms with Crippen LogP contribution in [-0.2, 0) is 25.7 Å². The van der Waals surface area contributed by atoms with Crippen molar-refractivity contribution in [2.45, 2.75) is 32.0 Å². The van der Waals surface area contributed by atoms with E-state index in [1.165, 1.54) is 0 Å². The van der Waals surface area contributed by atoms with Gasteiger partial charge >= 0.3 is 11.9 Å². The SMILES string of the molecule is CCOC(=O)C(CCN1Cc2ccccc2C1=O)N[C@H]1COc2ccccc2N(CC(=O)O)C1=O. The van der Waals surface area contributed by atoms with Crippen LogP contribution in [0.15, 0.2) is 48.5 Å². The van der Waals surface area contributed by atoms with Crippen LogP contribution < -0.4 is 15.0 Å². The maximum atomic E-state index is 13.3. The van der Waals surface area contributed by atoms with E-state index in [2.05, 4.69) is 5.32 Å². The van der Waals surface area contributed by atoms with E-state index >= 15 is 0 Å². The van der Waals surface area contributed by atoms with Gasteiger partial charge in [0.15, 0.2) is 0 Å². The maximum absolute atomic E-state index is 13.3. The van der Waals surface area contributed by atoms with E-state index < -0.39 is 36.5 Å². The molecule has 0 aliphatic carbocycles. The Morgan fingerprint density at radius 1 is 1.17 bits per heavy atom. The molecule has 2 aliphatic rings. The van der Waals surface area contributed by atoms with Gasteiger partial charge in [-0.05, 0) is 37.1 Å². The fraction of sp³-hybridized carbons (Fsp3) is 0.360. The van der Waals surface area contributed by atoms with E-state index in [0.29, 0.717) is 23.5 Å². The van der Waals surface area contributed by atoms with E-state index in [4.69, 9.17) is 9.47 Å². The molecule has 0 saturated carbocycles. The summed E-state index contributed by atoms with van der Waals surface area (Å²) in [6.45, 7) is 1.89. The van der Waals surface area contributed by atoms with Crippen LogP contribution in [0, 0.1) is 0 Å². The van der Waals surface area contributed by atoms with Crippen LogP contribution in [0.25, 0.3) is 0 Å². The van der Waals surface area contributed by atoms with Gasteiger partial charge in [-0.25, -0.2) is 0 Å². The molecular formula is C25H27N3O7. The molecule has 4 rings (SSSR count). The molecule has 10 nitrogen and oxygen atoms in total. The summed E-state index contributed by atoms with van der Waals surface area (Å²) >= 11 is 0. The molecule has 10 heteroatoms. The molecule has 2 aliphatic heterocycles. The van der Waals surface area contributed by atoms with Gasteiger partial charge in [0.2, 0.25) is 5.91 Å². The lowest BCUT2D eigenvalue weighted by molar-refractivity contribution is -0.146. The Kier molecular flexibility index (Phi) is 7.31. The van der Waals surface area contributed by atoms with E-state index in [1.54, 1.807) is 42.2 Å². The zero-order valence-electron chi connectivity index (χ0n) is 19.3. The molecule has 1 unspecified atom stereocenters. The first kappa shape index (κ1) is 24.2. The van der Waals surface area contributed by atoms with E-state index in [-0.39, 0.29) is 32.1 Å². The van der Waals surface area contributed by atoms with Gasteiger partial charge in [0, 0.05) is 18.7 Å². The summed E-state index contributed by atoms with van der Waals surface area (Å²) in [6.07, 6.45) is 0.203. The largest absolute Gasteiger partial charge is 0.489 e. The zero-order valence-corrected chi connectivity index (χ0v) is 19.3. The minimum absolute atomic E-state index is 0.101. The zero-order chi connectivity index (χ0) is 24.9. The van der Waals surface area contributed by atoms with Crippen LogP contribution in [0.3, 0.4) is 0 Å². The fourth-order valence-corrected chi connectivity index (χ4v) is 4.31. The van der Waals surface area contributed by atoms with Crippen molar-refractivity contribution in [1.29, 1.82) is 0 Å². The third kappa shape index (κ3) is 5.27. The number of carboxylic acids is 1. The highest BCUT2D eigenvalue weighted by atomic mass is 16.5. The van der Waals surface area contributed by atoms with E-state index in [1.807, 2.05) is 18.2 Å². The summed E-state index contributed by atoms with van der Waals surface area (Å²) in [7, 11) is 0. The van der Waals surface area contributed by atoms with Gasteiger partial charge in [-0.15, -0.1) is 0 Å². The van der Waals surface area contributed by atoms with Crippen molar-refractivity contribution in [2.24, 2.45) is 0 Å². The number of nitrogens with one attached hydrogen (secondary N) is 1. The third-order valence-corrected chi connectivity index (χ3v) is 5.98. The van der Waals surface area contributed by atoms with Gasteiger partial charge in [-0.2, -0.15) is 0 Å². The number of carbonyl (C=O) groups excluding carboxylic acids is 3. The van der Waals surface area contributed by atoms with Crippen LogP contribution in [-0.4, -0.2) is 72.1 Å². The first-order chi connectivity index (χ1) is 16.9. The van der Waals surface area contributed by atoms with Crippen molar-refractivity contribution >= 4 is 29.4 Å². The number of carboxylic acid groups (broad SMARTS) is 1. The first-order valence-electron chi connectivity index (χ1n) is 11.4. The van der Waals surface area contributed by atoms with Gasteiger partial charge in [-0.3, -0.25) is 29.4 Å². The molecule has 184 valence electrons. The Bertz CT molecular complexity index is 1140. The standard InChI is InChI=1S/C25H27N3O7/c1-2-34-25(33)18(11-12-27-13-16-7-3-4-8-17(16)23(27)31)26-19-15-35-21-10-6-5-9-20(21)28(24(19)32)14-22(29)30/h3-10,18-19,26H,2,11-15H2,1H3,(H,29,30)/t18?,19-/m0/s1. The minimum Gasteiger partial charge on any atom is -0.489 e. The predicted octanol–water partition coefficient (Wildman–Crippen LogP) is 1.43. The molecule has 0 radical (unpaired) electrons. The first-order valence-corrected chi connectivity index (χ1v) is 11.4. The summed E-state index contributed by atoms with van der Waals surface area (Å²) in [6, 6.07) is 12.1. The third-order valence-electron chi connectivity index (χ3n) is 5.98. The van der Waals surface area contributed by atoms with Crippen molar-refractivity contribution in [3.63, 3.8) is 0 Å². The van der Waals surface area contributed by atoms with Crippen molar-refractivity contribution in [2.75, 3.05) is 31.2 Å². The molecule has 2 heterocycles. The smallest absolute Gasteiger partial charge is 0.323 e. The normalized spacial score (nSPS) is 17.8. The van der Waals surface area contributed by atoms with Gasteiger partial charge in [0.1, 0.15) is 31.0 Å². The number of rotatable bonds is 9. The lowest BCUT2D eigenvalue weighted by Crippen LogP contribution is -2.55. The monoisotopic (exact) mass is 481 g/mol. The average molecular weight is 482 g/mol. The van der Waals surface area contributed by atoms with Crippen molar-refractivity contribution in [3.8, 4) is 5.75 Å². The number of ether oxygens (including phenoxy) is 2. The summed E-state index contributed by atoms with van der Waals surface area (Å²) in [5.41, 5.74) is 1.91. The summed E-state index contributed by atoms with van der Waals surface area (Å²) in [5.74, 6) is -2.00. The van der Waals surface area contributed by atoms with Crippen LogP contribution in [0.5, 0.6) is 5.75 Å². The molecule has 0 spiro atoms. The van der Waals surface area contributed by atoms with Crippen LogP contribution in [0.1, 0.15) is 29.3 Å². The van der Waals surface area contributed by atoms with Gasteiger partial charge in [0.25, 0.3) is 5.91 Å². The Morgan fingerprint density at radius 3 is 2.66 bits per heavy atom. The second kappa shape index (κ2) is 10.6. The van der Waals surface area contributed by atoms with Gasteiger partial charge < -0.3 is 19.5 Å². The van der Waals surface area contributed by atoms with Crippen LogP contribution in [0.2, 0.25) is 0 Å². The number of nitrogens with zero attached hydrogens (tertiary/aromatic N) is 2. The number of hydrogen-bond acceptors (Lipinski definition) is 7. The minimum atomic E-state index is -1.18. The second-order valence-corrected chi connectivity index (χ2v) is 8.29. The number of anilines is 1. The average Bonchev–Trinajstić information content (AvgIpc) is 3.10. The Labute approximate surface area is 202 Å². The maximum Gasteiger partial charge on any atom is 0.323 e. The summed E-state index contributed by atoms with van der Waals surface area (Å²) in [5, 5.41) is 12.4. The number of benzene rings is 2. The molecule has 2 aromatic rings. The summed E-state index contributed by atoms with van der Waals surface area (Å²) in [4.78, 5) is 53.0. The molecule has 0 fully saturated rings. The predicted molar refractivity (Wildman–Crippen MR) is 125 cm³/mol. The molecule has 0 aromatic heterocycles. The highest BCUT2D eigenvalue weighted by molar-refractivity contribution is 6.02. The number of hydrogen-bond donors (Lipinski definition) is 2. The molecule has 0 saturated heterocycles. The fourth-order valence-electron chi connectivity index (χ4n) is 4.31. The molecule has 2 atom stereocenters. The second-order valence-electron chi connectivity index (χ2n) is 8.29. The molecular weight excluding hydrogens is 454 g/mol. The molecule has 2 aromatic carbocycles. The number of carbonyl (C=O) groups is 4. The molecule has 35 heavy (non-hydrogen) atoms. The Hall–Kier alpha value is -3.92.